The Kier molecular flexibility index (Phi) is 3.38. The van der Waals surface area contributed by atoms with Crippen molar-refractivity contribution in [1.82, 2.24) is 9.55 Å². The van der Waals surface area contributed by atoms with Crippen molar-refractivity contribution in [2.75, 3.05) is 0 Å². The zero-order valence-corrected chi connectivity index (χ0v) is 11.3. The summed E-state index contributed by atoms with van der Waals surface area (Å²) < 4.78 is 1.90. The molecule has 0 bridgehead atoms. The lowest BCUT2D eigenvalue weighted by atomic mass is 9.80. The second-order valence-electron chi connectivity index (χ2n) is 5.44. The summed E-state index contributed by atoms with van der Waals surface area (Å²) in [7, 11) is 1.93. The Hall–Kier alpha value is -1.61. The molecule has 2 atom stereocenters. The normalized spacial score (nSPS) is 20.0. The van der Waals surface area contributed by atoms with Crippen LogP contribution in [0.1, 0.15) is 48.2 Å². The van der Waals surface area contributed by atoms with E-state index in [0.717, 1.165) is 12.2 Å². The fourth-order valence-corrected chi connectivity index (χ4v) is 3.17. The van der Waals surface area contributed by atoms with Crippen LogP contribution in [0, 0.1) is 0 Å². The van der Waals surface area contributed by atoms with Crippen LogP contribution in [0.5, 0.6) is 0 Å². The fourth-order valence-electron chi connectivity index (χ4n) is 3.17. The fraction of sp³-hybridized carbons (Fsp3) is 0.438. The van der Waals surface area contributed by atoms with Gasteiger partial charge in [0.2, 0.25) is 0 Å². The number of aliphatic hydroxyl groups excluding tert-OH is 1. The van der Waals surface area contributed by atoms with E-state index in [4.69, 9.17) is 0 Å². The summed E-state index contributed by atoms with van der Waals surface area (Å²) >= 11 is 0. The van der Waals surface area contributed by atoms with Gasteiger partial charge >= 0.3 is 0 Å². The second kappa shape index (κ2) is 5.17. The van der Waals surface area contributed by atoms with E-state index in [1.54, 1.807) is 6.20 Å². The molecule has 3 nitrogen and oxygen atoms in total. The Balaban J connectivity index is 1.80. The van der Waals surface area contributed by atoms with Crippen molar-refractivity contribution < 1.29 is 5.11 Å². The van der Waals surface area contributed by atoms with Crippen LogP contribution in [0.4, 0.5) is 0 Å². The molecule has 1 aliphatic carbocycles. The molecule has 0 spiro atoms. The van der Waals surface area contributed by atoms with Gasteiger partial charge in [-0.3, -0.25) is 0 Å². The van der Waals surface area contributed by atoms with Crippen molar-refractivity contribution in [2.45, 2.75) is 37.7 Å². The summed E-state index contributed by atoms with van der Waals surface area (Å²) in [6.07, 6.45) is 7.47. The van der Waals surface area contributed by atoms with Crippen molar-refractivity contribution in [3.05, 3.63) is 53.6 Å². The number of hydrogen-bond acceptors (Lipinski definition) is 2. The Labute approximate surface area is 113 Å². The van der Waals surface area contributed by atoms with Crippen LogP contribution < -0.4 is 0 Å². The van der Waals surface area contributed by atoms with Crippen molar-refractivity contribution >= 4 is 0 Å². The number of rotatable bonds is 3. The lowest BCUT2D eigenvalue weighted by Crippen LogP contribution is -2.15. The molecule has 0 saturated carbocycles. The van der Waals surface area contributed by atoms with E-state index in [1.165, 1.54) is 30.4 Å². The molecule has 0 saturated heterocycles. The van der Waals surface area contributed by atoms with Crippen LogP contribution in [0.3, 0.4) is 0 Å². The largest absolute Gasteiger partial charge is 0.385 e. The van der Waals surface area contributed by atoms with Crippen LogP contribution in [0.2, 0.25) is 0 Å². The molecule has 3 rings (SSSR count). The predicted octanol–water partition coefficient (Wildman–Crippen LogP) is 2.96. The third kappa shape index (κ3) is 2.43. The van der Waals surface area contributed by atoms with Gasteiger partial charge < -0.3 is 9.67 Å². The van der Waals surface area contributed by atoms with Crippen LogP contribution >= 0.6 is 0 Å². The number of hydrogen-bond donors (Lipinski definition) is 1. The molecule has 1 aromatic carbocycles. The molecule has 0 amide bonds. The molecule has 100 valence electrons. The van der Waals surface area contributed by atoms with Crippen molar-refractivity contribution in [2.24, 2.45) is 7.05 Å². The topological polar surface area (TPSA) is 38.0 Å². The number of imidazole rings is 1. The van der Waals surface area contributed by atoms with Gasteiger partial charge in [0.1, 0.15) is 11.9 Å². The monoisotopic (exact) mass is 256 g/mol. The van der Waals surface area contributed by atoms with E-state index < -0.39 is 6.10 Å². The maximum Gasteiger partial charge on any atom is 0.137 e. The van der Waals surface area contributed by atoms with Crippen molar-refractivity contribution in [3.63, 3.8) is 0 Å². The lowest BCUT2D eigenvalue weighted by molar-refractivity contribution is 0.141. The van der Waals surface area contributed by atoms with Gasteiger partial charge in [0.25, 0.3) is 0 Å². The number of aryl methyl sites for hydroxylation is 2. The minimum Gasteiger partial charge on any atom is -0.385 e. The van der Waals surface area contributed by atoms with Crippen LogP contribution in [-0.4, -0.2) is 14.7 Å². The molecular formula is C16H20N2O. The van der Waals surface area contributed by atoms with Crippen molar-refractivity contribution in [3.8, 4) is 0 Å². The van der Waals surface area contributed by atoms with Crippen molar-refractivity contribution in [1.29, 1.82) is 0 Å². The van der Waals surface area contributed by atoms with E-state index in [-0.39, 0.29) is 0 Å². The SMILES string of the molecule is Cn1ccnc1C(O)CC1CCCc2ccccc21. The summed E-state index contributed by atoms with van der Waals surface area (Å²) in [6.45, 7) is 0. The summed E-state index contributed by atoms with van der Waals surface area (Å²) in [5.74, 6) is 1.22. The first-order chi connectivity index (χ1) is 9.25. The minimum atomic E-state index is -0.476. The number of aliphatic hydroxyl groups is 1. The number of aromatic nitrogens is 2. The van der Waals surface area contributed by atoms with Gasteiger partial charge in [-0.05, 0) is 42.7 Å². The first-order valence-corrected chi connectivity index (χ1v) is 6.99. The molecule has 2 aromatic rings. The minimum absolute atomic E-state index is 0.455. The molecule has 1 N–H and O–H groups in total. The van der Waals surface area contributed by atoms with Crippen LogP contribution in [-0.2, 0) is 13.5 Å². The summed E-state index contributed by atoms with van der Waals surface area (Å²) in [5, 5.41) is 10.4. The average Bonchev–Trinajstić information content (AvgIpc) is 2.85. The molecule has 1 aliphatic rings. The Morgan fingerprint density at radius 2 is 2.26 bits per heavy atom. The van der Waals surface area contributed by atoms with E-state index in [2.05, 4.69) is 29.2 Å². The maximum atomic E-state index is 10.4. The van der Waals surface area contributed by atoms with E-state index in [0.29, 0.717) is 5.92 Å². The zero-order valence-electron chi connectivity index (χ0n) is 11.3. The van der Waals surface area contributed by atoms with E-state index in [9.17, 15) is 5.11 Å². The highest BCUT2D eigenvalue weighted by molar-refractivity contribution is 5.32. The Morgan fingerprint density at radius 1 is 1.42 bits per heavy atom. The average molecular weight is 256 g/mol. The third-order valence-corrected chi connectivity index (χ3v) is 4.16. The third-order valence-electron chi connectivity index (χ3n) is 4.16. The van der Waals surface area contributed by atoms with Gasteiger partial charge in [0.05, 0.1) is 0 Å². The van der Waals surface area contributed by atoms with Gasteiger partial charge in [-0.15, -0.1) is 0 Å². The summed E-state index contributed by atoms with van der Waals surface area (Å²) in [6, 6.07) is 8.64. The number of fused-ring (bicyclic) bond motifs is 1. The highest BCUT2D eigenvalue weighted by atomic mass is 16.3. The lowest BCUT2D eigenvalue weighted by Gasteiger charge is -2.27. The summed E-state index contributed by atoms with van der Waals surface area (Å²) in [4.78, 5) is 4.25. The number of nitrogens with zero attached hydrogens (tertiary/aromatic N) is 2. The molecule has 2 unspecified atom stereocenters. The molecule has 0 radical (unpaired) electrons. The van der Waals surface area contributed by atoms with Gasteiger partial charge in [0.15, 0.2) is 0 Å². The van der Waals surface area contributed by atoms with Gasteiger partial charge in [-0.25, -0.2) is 4.98 Å². The van der Waals surface area contributed by atoms with E-state index >= 15 is 0 Å². The van der Waals surface area contributed by atoms with E-state index in [1.807, 2.05) is 17.8 Å². The van der Waals surface area contributed by atoms with Gasteiger partial charge in [0, 0.05) is 19.4 Å². The molecule has 19 heavy (non-hydrogen) atoms. The van der Waals surface area contributed by atoms with Gasteiger partial charge in [-0.1, -0.05) is 24.3 Å². The smallest absolute Gasteiger partial charge is 0.137 e. The molecule has 0 fully saturated rings. The first kappa shape index (κ1) is 12.4. The molecule has 1 heterocycles. The highest BCUT2D eigenvalue weighted by Gasteiger charge is 2.24. The Morgan fingerprint density at radius 3 is 3.05 bits per heavy atom. The second-order valence-corrected chi connectivity index (χ2v) is 5.44. The zero-order chi connectivity index (χ0) is 13.2. The highest BCUT2D eigenvalue weighted by Crippen LogP contribution is 2.37. The van der Waals surface area contributed by atoms with Crippen LogP contribution in [0.25, 0.3) is 0 Å². The molecular weight excluding hydrogens is 236 g/mol. The molecule has 3 heteroatoms. The molecule has 1 aromatic heterocycles. The quantitative estimate of drug-likeness (QED) is 0.916. The summed E-state index contributed by atoms with van der Waals surface area (Å²) in [5.41, 5.74) is 2.87. The number of benzene rings is 1. The van der Waals surface area contributed by atoms with Gasteiger partial charge in [-0.2, -0.15) is 0 Å². The Bertz CT molecular complexity index is 561. The standard InChI is InChI=1S/C16H20N2O/c1-18-10-9-17-16(18)15(19)11-13-7-4-6-12-5-2-3-8-14(12)13/h2-3,5,8-10,13,15,19H,4,6-7,11H2,1H3. The molecule has 0 aliphatic heterocycles. The first-order valence-electron chi connectivity index (χ1n) is 6.99. The van der Waals surface area contributed by atoms with Crippen LogP contribution in [0.15, 0.2) is 36.7 Å². The maximum absolute atomic E-state index is 10.4. The predicted molar refractivity (Wildman–Crippen MR) is 74.9 cm³/mol.